The fourth-order valence-electron chi connectivity index (χ4n) is 0. The fourth-order valence-corrected chi connectivity index (χ4v) is 0. The Morgan fingerprint density at radius 2 is 1.75 bits per heavy atom. The standard InChI is InChI=1S/C2H7NO.3ClH.Rh/c1-2-4-3;;;;/h2-3H2,1H3;3*1H;/q;;;;+2/p-2. The average Bonchev–Trinajstić information content (AvgIpc) is 1.69. The van der Waals surface area contributed by atoms with E-state index in [1.807, 2.05) is 6.92 Å². The number of hydrogen-bond acceptors (Lipinski definition) is 2. The maximum atomic E-state index is 4.83. The van der Waals surface area contributed by atoms with Crippen molar-refractivity contribution in [2.24, 2.45) is 5.90 Å². The first kappa shape index (κ1) is 16.2. The van der Waals surface area contributed by atoms with Crippen molar-refractivity contribution in [2.45, 2.75) is 6.92 Å². The van der Waals surface area contributed by atoms with E-state index < -0.39 is 0 Å². The first-order valence-corrected chi connectivity index (χ1v) is 5.70. The summed E-state index contributed by atoms with van der Waals surface area (Å²) in [5, 5.41) is 0. The fraction of sp³-hybridized carbons (Fsp3) is 1.00. The predicted molar refractivity (Wildman–Crippen MR) is 34.8 cm³/mol. The molecule has 2 nitrogen and oxygen atoms in total. The van der Waals surface area contributed by atoms with Gasteiger partial charge in [0.2, 0.25) is 0 Å². The van der Waals surface area contributed by atoms with Crippen molar-refractivity contribution < 1.29 is 20.0 Å². The molecule has 0 aliphatic rings. The Bertz CT molecular complexity index is 24.8. The van der Waals surface area contributed by atoms with Crippen molar-refractivity contribution in [3.05, 3.63) is 0 Å². The summed E-state index contributed by atoms with van der Waals surface area (Å²) in [6.07, 6.45) is 0. The Balaban J connectivity index is -0.0000000575. The Morgan fingerprint density at radius 3 is 1.75 bits per heavy atom. The molecule has 6 heteroatoms. The van der Waals surface area contributed by atoms with Gasteiger partial charge in [-0.1, -0.05) is 0 Å². The molecule has 0 aromatic carbocycles. The molecule has 0 saturated heterocycles. The topological polar surface area (TPSA) is 35.2 Å². The van der Waals surface area contributed by atoms with Crippen LogP contribution >= 0.6 is 31.8 Å². The molecule has 0 bridgehead atoms. The molecule has 0 unspecified atom stereocenters. The van der Waals surface area contributed by atoms with Crippen molar-refractivity contribution in [1.29, 1.82) is 0 Å². The summed E-state index contributed by atoms with van der Waals surface area (Å²) in [6.45, 7) is 2.43. The van der Waals surface area contributed by atoms with E-state index in [1.54, 1.807) is 0 Å². The Morgan fingerprint density at radius 1 is 1.62 bits per heavy atom. The van der Waals surface area contributed by atoms with Crippen LogP contribution in [0.2, 0.25) is 0 Å². The minimum atomic E-state index is -0.226. The summed E-state index contributed by atoms with van der Waals surface area (Å²) in [5.74, 6) is 4.53. The third kappa shape index (κ3) is 52.4. The molecule has 2 N–H and O–H groups in total. The van der Waals surface area contributed by atoms with Gasteiger partial charge in [0.05, 0.1) is 6.61 Å². The van der Waals surface area contributed by atoms with Crippen molar-refractivity contribution in [1.82, 2.24) is 0 Å². The molecule has 0 fully saturated rings. The van der Waals surface area contributed by atoms with Crippen LogP contribution in [-0.2, 0) is 20.0 Å². The van der Waals surface area contributed by atoms with Crippen LogP contribution in [0.15, 0.2) is 0 Å². The summed E-state index contributed by atoms with van der Waals surface area (Å²) in [7, 11) is 9.67. The molecule has 0 aromatic rings. The second-order valence-electron chi connectivity index (χ2n) is 0.503. The zero-order chi connectivity index (χ0) is 6.12. The van der Waals surface area contributed by atoms with E-state index >= 15 is 0 Å². The van der Waals surface area contributed by atoms with Gasteiger partial charge >= 0.3 is 34.5 Å². The van der Waals surface area contributed by atoms with E-state index in [4.69, 9.17) is 19.4 Å². The predicted octanol–water partition coefficient (Wildman–Crippen LogP) is 1.69. The van der Waals surface area contributed by atoms with E-state index in [0.29, 0.717) is 6.61 Å². The number of hydrogen-bond donors (Lipinski definition) is 1. The number of rotatable bonds is 1. The third-order valence-electron chi connectivity index (χ3n) is 0.167. The molecule has 0 aromatic heterocycles. The van der Waals surface area contributed by atoms with Crippen LogP contribution in [0.5, 0.6) is 0 Å². The quantitative estimate of drug-likeness (QED) is 0.582. The van der Waals surface area contributed by atoms with Crippen molar-refractivity contribution in [2.75, 3.05) is 6.61 Å². The third-order valence-corrected chi connectivity index (χ3v) is 0.167. The van der Waals surface area contributed by atoms with Gasteiger partial charge in [-0.3, -0.25) is 0 Å². The van der Waals surface area contributed by atoms with E-state index in [9.17, 15) is 0 Å². The second-order valence-corrected chi connectivity index (χ2v) is 2.99. The molecule has 0 heterocycles. The van der Waals surface area contributed by atoms with Gasteiger partial charge in [-0.15, -0.1) is 12.4 Å². The van der Waals surface area contributed by atoms with E-state index in [2.05, 4.69) is 10.7 Å². The van der Waals surface area contributed by atoms with Gasteiger partial charge in [-0.2, -0.15) is 0 Å². The summed E-state index contributed by atoms with van der Waals surface area (Å²) in [5.41, 5.74) is 0. The molecule has 0 aliphatic carbocycles. The van der Waals surface area contributed by atoms with Crippen LogP contribution in [0.25, 0.3) is 0 Å². The second kappa shape index (κ2) is 23.7. The van der Waals surface area contributed by atoms with Gasteiger partial charge in [-0.25, -0.2) is 5.90 Å². The monoisotopic (exact) mass is 270 g/mol. The first-order valence-electron chi connectivity index (χ1n) is 1.48. The molecule has 0 spiro atoms. The normalized spacial score (nSPS) is 6.50. The Hall–Kier alpha value is 1.41. The molecular formula is C2H8Cl3NORh. The maximum absolute atomic E-state index is 4.83. The van der Waals surface area contributed by atoms with Gasteiger partial charge in [0.15, 0.2) is 0 Å². The van der Waals surface area contributed by atoms with Gasteiger partial charge in [0, 0.05) is 0 Å². The molecule has 0 saturated carbocycles. The summed E-state index contributed by atoms with van der Waals surface area (Å²) in [6, 6.07) is 0. The summed E-state index contributed by atoms with van der Waals surface area (Å²) < 4.78 is 0. The van der Waals surface area contributed by atoms with Crippen LogP contribution in [0, 0.1) is 0 Å². The first-order chi connectivity index (χ1) is 3.33. The molecule has 0 aliphatic heterocycles. The molecule has 0 amide bonds. The van der Waals surface area contributed by atoms with Crippen LogP contribution in [0.3, 0.4) is 0 Å². The van der Waals surface area contributed by atoms with Gasteiger partial charge < -0.3 is 4.84 Å². The van der Waals surface area contributed by atoms with Crippen molar-refractivity contribution in [3.63, 3.8) is 0 Å². The van der Waals surface area contributed by atoms with Crippen LogP contribution in [0.1, 0.15) is 6.92 Å². The van der Waals surface area contributed by atoms with Crippen molar-refractivity contribution in [3.8, 4) is 0 Å². The van der Waals surface area contributed by atoms with Gasteiger partial charge in [-0.05, 0) is 6.92 Å². The van der Waals surface area contributed by atoms with Crippen molar-refractivity contribution >= 4 is 31.8 Å². The zero-order valence-corrected chi connectivity index (χ0v) is 8.16. The average molecular weight is 271 g/mol. The van der Waals surface area contributed by atoms with Crippen LogP contribution in [-0.4, -0.2) is 6.61 Å². The molecule has 57 valence electrons. The zero-order valence-electron chi connectivity index (χ0n) is 4.19. The number of halogens is 3. The minimum absolute atomic E-state index is 0. The number of nitrogens with two attached hydrogens (primary N) is 1. The molecule has 0 radical (unpaired) electrons. The van der Waals surface area contributed by atoms with E-state index in [0.717, 1.165) is 0 Å². The molecule has 8 heavy (non-hydrogen) atoms. The molecule has 0 atom stereocenters. The molecular weight excluding hydrogens is 263 g/mol. The Kier molecular flexibility index (Phi) is 48.1. The summed E-state index contributed by atoms with van der Waals surface area (Å²) in [4.78, 5) is 4.04. The molecule has 0 rings (SSSR count). The van der Waals surface area contributed by atoms with E-state index in [-0.39, 0.29) is 27.6 Å². The summed E-state index contributed by atoms with van der Waals surface area (Å²) >= 11 is -0.226. The van der Waals surface area contributed by atoms with Gasteiger partial charge in [0.1, 0.15) is 0 Å². The SMILES string of the molecule is CCON.Cl.[Cl][Rh][Cl]. The van der Waals surface area contributed by atoms with Gasteiger partial charge in [0.25, 0.3) is 0 Å². The van der Waals surface area contributed by atoms with E-state index in [1.165, 1.54) is 0 Å². The van der Waals surface area contributed by atoms with Crippen LogP contribution < -0.4 is 5.90 Å². The van der Waals surface area contributed by atoms with Crippen LogP contribution in [0.4, 0.5) is 0 Å². The Labute approximate surface area is 71.1 Å².